The third kappa shape index (κ3) is 4.10. The number of carboxylic acids is 1. The Balaban J connectivity index is 1.74. The Hall–Kier alpha value is -2.48. The number of carbonyl (C=O) groups is 2. The highest BCUT2D eigenvalue weighted by atomic mass is 32.1. The van der Waals surface area contributed by atoms with E-state index in [4.69, 9.17) is 0 Å². The summed E-state index contributed by atoms with van der Waals surface area (Å²) in [5, 5.41) is 12.8. The lowest BCUT2D eigenvalue weighted by atomic mass is 10.2. The van der Waals surface area contributed by atoms with Crippen molar-refractivity contribution in [3.8, 4) is 10.6 Å². The van der Waals surface area contributed by atoms with Crippen molar-refractivity contribution in [1.29, 1.82) is 0 Å². The number of urea groups is 1. The number of thiazole rings is 1. The van der Waals surface area contributed by atoms with Crippen molar-refractivity contribution >= 4 is 23.3 Å². The van der Waals surface area contributed by atoms with Crippen LogP contribution in [0, 0.1) is 13.8 Å². The number of carbonyl (C=O) groups excluding carboxylic acids is 1. The molecule has 6 nitrogen and oxygen atoms in total. The van der Waals surface area contributed by atoms with Crippen molar-refractivity contribution in [2.75, 3.05) is 6.54 Å². The number of aliphatic carboxylic acids is 1. The maximum Gasteiger partial charge on any atom is 0.326 e. The lowest BCUT2D eigenvalue weighted by Gasteiger charge is -2.23. The third-order valence-corrected chi connectivity index (χ3v) is 6.05. The number of likely N-dealkylation sites (tertiary alicyclic amines) is 1. The summed E-state index contributed by atoms with van der Waals surface area (Å²) in [4.78, 5) is 30.3. The highest BCUT2D eigenvalue weighted by molar-refractivity contribution is 7.15. The molecule has 3 atom stereocenters. The number of nitrogens with zero attached hydrogens (tertiary/aromatic N) is 2. The molecule has 1 fully saturated rings. The highest BCUT2D eigenvalue weighted by Crippen LogP contribution is 2.32. The molecule has 1 aliphatic heterocycles. The average Bonchev–Trinajstić information content (AvgIpc) is 3.19. The molecule has 144 valence electrons. The van der Waals surface area contributed by atoms with Crippen molar-refractivity contribution in [2.45, 2.75) is 45.4 Å². The molecular formula is C19H22FN3O3S. The van der Waals surface area contributed by atoms with E-state index in [9.17, 15) is 19.1 Å². The summed E-state index contributed by atoms with van der Waals surface area (Å²) in [7, 11) is 0. The maximum absolute atomic E-state index is 13.6. The second-order valence-corrected chi connectivity index (χ2v) is 7.88. The van der Waals surface area contributed by atoms with Crippen molar-refractivity contribution in [3.05, 3.63) is 40.4 Å². The van der Waals surface area contributed by atoms with E-state index in [1.165, 1.54) is 11.3 Å². The van der Waals surface area contributed by atoms with Crippen LogP contribution >= 0.6 is 11.3 Å². The van der Waals surface area contributed by atoms with E-state index in [0.29, 0.717) is 0 Å². The van der Waals surface area contributed by atoms with Gasteiger partial charge >= 0.3 is 12.0 Å². The Kier molecular flexibility index (Phi) is 5.46. The lowest BCUT2D eigenvalue weighted by Crippen LogP contribution is -2.46. The summed E-state index contributed by atoms with van der Waals surface area (Å²) < 4.78 is 13.6. The molecule has 0 radical (unpaired) electrons. The normalized spacial score (nSPS) is 20.5. The monoisotopic (exact) mass is 391 g/mol. The van der Waals surface area contributed by atoms with E-state index in [0.717, 1.165) is 31.6 Å². The summed E-state index contributed by atoms with van der Waals surface area (Å²) in [6, 6.07) is 5.99. The molecule has 2 amide bonds. The summed E-state index contributed by atoms with van der Waals surface area (Å²) >= 11 is 1.48. The van der Waals surface area contributed by atoms with Gasteiger partial charge in [0.15, 0.2) is 0 Å². The van der Waals surface area contributed by atoms with E-state index in [1.54, 1.807) is 0 Å². The molecular weight excluding hydrogens is 369 g/mol. The van der Waals surface area contributed by atoms with Gasteiger partial charge in [0.05, 0.1) is 23.2 Å². The zero-order valence-electron chi connectivity index (χ0n) is 15.4. The molecule has 2 aromatic rings. The molecule has 1 unspecified atom stereocenters. The van der Waals surface area contributed by atoms with Crippen LogP contribution in [0.3, 0.4) is 0 Å². The van der Waals surface area contributed by atoms with Crippen LogP contribution < -0.4 is 5.32 Å². The van der Waals surface area contributed by atoms with Gasteiger partial charge in [-0.3, -0.25) is 0 Å². The zero-order valence-corrected chi connectivity index (χ0v) is 16.2. The SMILES string of the molecule is Cc1ccc(-c2nc(C)c(C(C)NC(=O)N3C[C@@H](F)C[C@H]3C(=O)O)s2)cc1. The Morgan fingerprint density at radius 3 is 2.63 bits per heavy atom. The van der Waals surface area contributed by atoms with E-state index in [2.05, 4.69) is 10.3 Å². The average molecular weight is 391 g/mol. The van der Waals surface area contributed by atoms with E-state index >= 15 is 0 Å². The number of aryl methyl sites for hydroxylation is 2. The van der Waals surface area contributed by atoms with Crippen molar-refractivity contribution in [1.82, 2.24) is 15.2 Å². The smallest absolute Gasteiger partial charge is 0.326 e. The first kappa shape index (κ1) is 19.3. The first-order chi connectivity index (χ1) is 12.8. The van der Waals surface area contributed by atoms with Crippen molar-refractivity contribution in [2.24, 2.45) is 0 Å². The number of carboxylic acid groups (broad SMARTS) is 1. The van der Waals surface area contributed by atoms with Gasteiger partial charge in [-0.15, -0.1) is 11.3 Å². The van der Waals surface area contributed by atoms with E-state index in [1.807, 2.05) is 45.0 Å². The number of amides is 2. The minimum absolute atomic E-state index is 0.172. The number of alkyl halides is 1. The number of hydrogen-bond donors (Lipinski definition) is 2. The maximum atomic E-state index is 13.6. The number of nitrogens with one attached hydrogen (secondary N) is 1. The highest BCUT2D eigenvalue weighted by Gasteiger charge is 2.40. The van der Waals surface area contributed by atoms with Gasteiger partial charge in [-0.25, -0.2) is 19.0 Å². The van der Waals surface area contributed by atoms with Gasteiger partial charge in [0.2, 0.25) is 0 Å². The lowest BCUT2D eigenvalue weighted by molar-refractivity contribution is -0.141. The Morgan fingerprint density at radius 2 is 2.00 bits per heavy atom. The first-order valence-corrected chi connectivity index (χ1v) is 9.56. The molecule has 8 heteroatoms. The molecule has 1 aliphatic rings. The summed E-state index contributed by atoms with van der Waals surface area (Å²) in [6.45, 7) is 5.51. The van der Waals surface area contributed by atoms with Gasteiger partial charge in [0, 0.05) is 12.0 Å². The molecule has 0 bridgehead atoms. The van der Waals surface area contributed by atoms with Crippen LogP contribution in [-0.2, 0) is 4.79 Å². The second-order valence-electron chi connectivity index (χ2n) is 6.85. The van der Waals surface area contributed by atoms with E-state index < -0.39 is 24.2 Å². The minimum Gasteiger partial charge on any atom is -0.480 e. The van der Waals surface area contributed by atoms with Gasteiger partial charge in [-0.05, 0) is 20.8 Å². The summed E-state index contributed by atoms with van der Waals surface area (Å²) in [6.07, 6.45) is -1.49. The predicted molar refractivity (Wildman–Crippen MR) is 102 cm³/mol. The van der Waals surface area contributed by atoms with Crippen molar-refractivity contribution < 1.29 is 19.1 Å². The molecule has 0 aliphatic carbocycles. The standard InChI is InChI=1S/C19H22FN3O3S/c1-10-4-6-13(7-5-10)17-21-11(2)16(27-17)12(3)22-19(26)23-9-14(20)8-15(23)18(24)25/h4-7,12,14-15H,8-9H2,1-3H3,(H,22,26)(H,24,25)/t12?,14-,15-/m0/s1. The fraction of sp³-hybridized carbons (Fsp3) is 0.421. The van der Waals surface area contributed by atoms with Gasteiger partial charge < -0.3 is 15.3 Å². The van der Waals surface area contributed by atoms with Crippen LogP contribution in [-0.4, -0.2) is 45.7 Å². The molecule has 0 spiro atoms. The Morgan fingerprint density at radius 1 is 1.33 bits per heavy atom. The fourth-order valence-electron chi connectivity index (χ4n) is 3.21. The molecule has 2 N–H and O–H groups in total. The molecule has 3 rings (SSSR count). The number of halogens is 1. The second kappa shape index (κ2) is 7.64. The third-order valence-electron chi connectivity index (χ3n) is 4.66. The van der Waals surface area contributed by atoms with E-state index in [-0.39, 0.29) is 19.0 Å². The van der Waals surface area contributed by atoms with Gasteiger partial charge in [0.25, 0.3) is 0 Å². The quantitative estimate of drug-likeness (QED) is 0.833. The minimum atomic E-state index is -1.31. The molecule has 27 heavy (non-hydrogen) atoms. The van der Waals surface area contributed by atoms with Crippen LogP contribution in [0.2, 0.25) is 0 Å². The number of rotatable bonds is 4. The number of aromatic nitrogens is 1. The molecule has 0 saturated carbocycles. The largest absolute Gasteiger partial charge is 0.480 e. The summed E-state index contributed by atoms with van der Waals surface area (Å²) in [5.74, 6) is -1.19. The Labute approximate surface area is 161 Å². The topological polar surface area (TPSA) is 82.5 Å². The summed E-state index contributed by atoms with van der Waals surface area (Å²) in [5.41, 5.74) is 2.98. The Bertz CT molecular complexity index is 852. The van der Waals surface area contributed by atoms with Crippen LogP contribution in [0.4, 0.5) is 9.18 Å². The van der Waals surface area contributed by atoms with Crippen LogP contribution in [0.1, 0.15) is 35.5 Å². The van der Waals surface area contributed by atoms with Gasteiger partial charge in [0.1, 0.15) is 17.2 Å². The molecule has 1 aromatic carbocycles. The van der Waals surface area contributed by atoms with Crippen LogP contribution in [0.25, 0.3) is 10.6 Å². The van der Waals surface area contributed by atoms with Crippen LogP contribution in [0.5, 0.6) is 0 Å². The molecule has 1 aromatic heterocycles. The fourth-order valence-corrected chi connectivity index (χ4v) is 4.28. The molecule has 1 saturated heterocycles. The number of hydrogen-bond acceptors (Lipinski definition) is 4. The molecule has 2 heterocycles. The first-order valence-electron chi connectivity index (χ1n) is 8.74. The van der Waals surface area contributed by atoms with Crippen molar-refractivity contribution in [3.63, 3.8) is 0 Å². The zero-order chi connectivity index (χ0) is 19.7. The predicted octanol–water partition coefficient (Wildman–Crippen LogP) is 3.69. The number of benzene rings is 1. The van der Waals surface area contributed by atoms with Gasteiger partial charge in [-0.2, -0.15) is 0 Å². The van der Waals surface area contributed by atoms with Gasteiger partial charge in [-0.1, -0.05) is 29.8 Å². The van der Waals surface area contributed by atoms with Crippen LogP contribution in [0.15, 0.2) is 24.3 Å².